The second kappa shape index (κ2) is 41.8. The van der Waals surface area contributed by atoms with Crippen LogP contribution in [0.25, 0.3) is 0 Å². The van der Waals surface area contributed by atoms with E-state index in [1.54, 1.807) is 26.0 Å². The number of unbranched alkanes of at least 4 members (excludes halogenated alkanes) is 21. The Labute approximate surface area is 428 Å². The predicted octanol–water partition coefficient (Wildman–Crippen LogP) is 16.4. The average Bonchev–Trinajstić information content (AvgIpc) is 3.33. The van der Waals surface area contributed by atoms with Gasteiger partial charge in [0.2, 0.25) is 0 Å². The summed E-state index contributed by atoms with van der Waals surface area (Å²) in [4.78, 5) is 74.4. The molecule has 2 rings (SSSR count). The van der Waals surface area contributed by atoms with Crippen LogP contribution >= 0.6 is 0 Å². The highest BCUT2D eigenvalue weighted by atomic mass is 16.6. The number of esters is 6. The molecule has 0 bridgehead atoms. The molecule has 0 aliphatic rings. The summed E-state index contributed by atoms with van der Waals surface area (Å²) in [5, 5.41) is 0. The zero-order valence-corrected chi connectivity index (χ0v) is 45.5. The average molecular weight is 995 g/mol. The minimum absolute atomic E-state index is 0.216. The first kappa shape index (κ1) is 64.3. The molecule has 12 heteroatoms. The fourth-order valence-corrected chi connectivity index (χ4v) is 7.58. The molecule has 2 aromatic rings. The molecule has 0 heterocycles. The monoisotopic (exact) mass is 995 g/mol. The molecule has 0 N–H and O–H groups in total. The van der Waals surface area contributed by atoms with Crippen LogP contribution in [0, 0.1) is 13.8 Å². The first-order valence-corrected chi connectivity index (χ1v) is 27.8. The summed E-state index contributed by atoms with van der Waals surface area (Å²) in [6.07, 6.45) is 29.1. The molecule has 12 nitrogen and oxygen atoms in total. The van der Waals surface area contributed by atoms with Crippen LogP contribution in [0.1, 0.15) is 265 Å². The molecule has 2 aromatic carbocycles. The van der Waals surface area contributed by atoms with Crippen molar-refractivity contribution in [1.29, 1.82) is 0 Å². The number of carbonyl (C=O) groups excluding carboxylic acids is 6. The van der Waals surface area contributed by atoms with E-state index in [9.17, 15) is 28.8 Å². The van der Waals surface area contributed by atoms with Crippen LogP contribution in [-0.4, -0.2) is 35.8 Å². The standard InChI is InChI=1S/C31H50O6.C28H44O6/c1-5-8-11-14-17-20-29(32)35-26-23-27(36-30(33)21-18-15-12-9-6-2)25(4)28(24-26)37-31(34)22-19-16-13-10-7-3;1-5-8-11-14-17-26(29)32-23-20-24(33-27(30)18-15-12-9-6-2)22(4)25(21-23)34-28(31)19-16-13-10-7-3/h23-24H,5-22H2,1-4H3;20-21H,5-19H2,1-4H3. The highest BCUT2D eigenvalue weighted by molar-refractivity contribution is 5.78. The molecule has 0 aromatic heterocycles. The Hall–Kier alpha value is -4.74. The highest BCUT2D eigenvalue weighted by Crippen LogP contribution is 2.36. The van der Waals surface area contributed by atoms with Gasteiger partial charge >= 0.3 is 35.8 Å². The van der Waals surface area contributed by atoms with Gasteiger partial charge < -0.3 is 28.4 Å². The molecule has 0 unspecified atom stereocenters. The lowest BCUT2D eigenvalue weighted by Crippen LogP contribution is -2.13. The largest absolute Gasteiger partial charge is 0.426 e. The maximum absolute atomic E-state index is 12.5. The van der Waals surface area contributed by atoms with Gasteiger partial charge in [0.05, 0.1) is 0 Å². The minimum atomic E-state index is -0.353. The van der Waals surface area contributed by atoms with Gasteiger partial charge in [0, 0.05) is 73.9 Å². The molecule has 0 amide bonds. The Morgan fingerprint density at radius 3 is 0.634 bits per heavy atom. The molecule has 0 saturated heterocycles. The number of ether oxygens (including phenoxy) is 6. The van der Waals surface area contributed by atoms with Crippen LogP contribution < -0.4 is 28.4 Å². The van der Waals surface area contributed by atoms with E-state index in [0.717, 1.165) is 173 Å². The third-order valence-corrected chi connectivity index (χ3v) is 12.1. The minimum Gasteiger partial charge on any atom is -0.426 e. The number of hydrogen-bond donors (Lipinski definition) is 0. The summed E-state index contributed by atoms with van der Waals surface area (Å²) in [6.45, 7) is 16.3. The van der Waals surface area contributed by atoms with Crippen molar-refractivity contribution in [2.75, 3.05) is 0 Å². The third-order valence-electron chi connectivity index (χ3n) is 12.1. The fourth-order valence-electron chi connectivity index (χ4n) is 7.58. The Bertz CT molecular complexity index is 1720. The van der Waals surface area contributed by atoms with Gasteiger partial charge in [-0.1, -0.05) is 176 Å². The molecular weight excluding hydrogens is 901 g/mol. The van der Waals surface area contributed by atoms with E-state index in [1.165, 1.54) is 12.1 Å². The first-order chi connectivity index (χ1) is 34.3. The molecule has 0 radical (unpaired) electrons. The van der Waals surface area contributed by atoms with E-state index >= 15 is 0 Å². The molecule has 0 fully saturated rings. The molecule has 0 spiro atoms. The zero-order valence-electron chi connectivity index (χ0n) is 45.5. The molecule has 71 heavy (non-hydrogen) atoms. The van der Waals surface area contributed by atoms with E-state index in [-0.39, 0.29) is 70.3 Å². The molecule has 402 valence electrons. The van der Waals surface area contributed by atoms with Crippen molar-refractivity contribution in [3.8, 4) is 34.5 Å². The Kier molecular flexibility index (Phi) is 37.9. The molecular formula is C59H94O12. The normalized spacial score (nSPS) is 10.8. The van der Waals surface area contributed by atoms with Crippen LogP contribution in [0.5, 0.6) is 34.5 Å². The van der Waals surface area contributed by atoms with Crippen molar-refractivity contribution >= 4 is 35.8 Å². The number of benzene rings is 2. The summed E-state index contributed by atoms with van der Waals surface area (Å²) in [5.74, 6) is -0.603. The van der Waals surface area contributed by atoms with Gasteiger partial charge in [-0.25, -0.2) is 0 Å². The topological polar surface area (TPSA) is 158 Å². The van der Waals surface area contributed by atoms with E-state index < -0.39 is 0 Å². The molecule has 0 saturated carbocycles. The van der Waals surface area contributed by atoms with Crippen molar-refractivity contribution in [3.05, 3.63) is 35.4 Å². The van der Waals surface area contributed by atoms with Crippen molar-refractivity contribution in [1.82, 2.24) is 0 Å². The number of rotatable bonds is 39. The van der Waals surface area contributed by atoms with Gasteiger partial charge in [-0.2, -0.15) is 0 Å². The molecule has 0 atom stereocenters. The predicted molar refractivity (Wildman–Crippen MR) is 283 cm³/mol. The van der Waals surface area contributed by atoms with Crippen molar-refractivity contribution in [2.45, 2.75) is 267 Å². The highest BCUT2D eigenvalue weighted by Gasteiger charge is 2.20. The second-order valence-corrected chi connectivity index (χ2v) is 18.9. The lowest BCUT2D eigenvalue weighted by molar-refractivity contribution is -0.136. The lowest BCUT2D eigenvalue weighted by Gasteiger charge is -2.15. The summed E-state index contributed by atoms with van der Waals surface area (Å²) >= 11 is 0. The fraction of sp³-hybridized carbons (Fsp3) is 0.695. The van der Waals surface area contributed by atoms with E-state index in [4.69, 9.17) is 28.4 Å². The van der Waals surface area contributed by atoms with Gasteiger partial charge in [0.1, 0.15) is 34.5 Å². The van der Waals surface area contributed by atoms with E-state index in [2.05, 4.69) is 41.5 Å². The number of hydrogen-bond acceptors (Lipinski definition) is 12. The van der Waals surface area contributed by atoms with E-state index in [0.29, 0.717) is 49.7 Å². The Morgan fingerprint density at radius 2 is 0.437 bits per heavy atom. The summed E-state index contributed by atoms with van der Waals surface area (Å²) in [7, 11) is 0. The van der Waals surface area contributed by atoms with Gasteiger partial charge in [0.15, 0.2) is 0 Å². The Morgan fingerprint density at radius 1 is 0.268 bits per heavy atom. The van der Waals surface area contributed by atoms with Crippen molar-refractivity contribution < 1.29 is 57.2 Å². The molecule has 0 aliphatic carbocycles. The SMILES string of the molecule is CCCCCCC(=O)Oc1cc(OC(=O)CCCCCC)c(C)c(OC(=O)CCCCCC)c1.CCCCCCCC(=O)Oc1cc(OC(=O)CCCCCCC)c(C)c(OC(=O)CCCCCCC)c1. The van der Waals surface area contributed by atoms with Crippen LogP contribution in [0.2, 0.25) is 0 Å². The summed E-state index contributed by atoms with van der Waals surface area (Å²) < 4.78 is 33.4. The maximum atomic E-state index is 12.5. The van der Waals surface area contributed by atoms with Crippen LogP contribution in [0.3, 0.4) is 0 Å². The maximum Gasteiger partial charge on any atom is 0.311 e. The third kappa shape index (κ3) is 32.1. The van der Waals surface area contributed by atoms with Crippen LogP contribution in [0.4, 0.5) is 0 Å². The first-order valence-electron chi connectivity index (χ1n) is 27.8. The van der Waals surface area contributed by atoms with Crippen LogP contribution in [0.15, 0.2) is 24.3 Å². The zero-order chi connectivity index (χ0) is 52.5. The Balaban J connectivity index is 0.000000713. The molecule has 0 aliphatic heterocycles. The van der Waals surface area contributed by atoms with E-state index in [1.807, 2.05) is 0 Å². The van der Waals surface area contributed by atoms with Crippen molar-refractivity contribution in [2.24, 2.45) is 0 Å². The van der Waals surface area contributed by atoms with Gasteiger partial charge in [-0.3, -0.25) is 28.8 Å². The second-order valence-electron chi connectivity index (χ2n) is 18.9. The van der Waals surface area contributed by atoms with Crippen LogP contribution in [-0.2, 0) is 28.8 Å². The smallest absolute Gasteiger partial charge is 0.311 e. The number of carbonyl (C=O) groups is 6. The van der Waals surface area contributed by atoms with Gasteiger partial charge in [-0.15, -0.1) is 0 Å². The van der Waals surface area contributed by atoms with Gasteiger partial charge in [-0.05, 0) is 52.4 Å². The van der Waals surface area contributed by atoms with Crippen molar-refractivity contribution in [3.63, 3.8) is 0 Å². The van der Waals surface area contributed by atoms with Gasteiger partial charge in [0.25, 0.3) is 0 Å². The lowest BCUT2D eigenvalue weighted by atomic mass is 10.1. The summed E-state index contributed by atoms with van der Waals surface area (Å²) in [5.41, 5.74) is 1.07. The quantitative estimate of drug-likeness (QED) is 0.0355. The summed E-state index contributed by atoms with van der Waals surface area (Å²) in [6, 6.07) is 6.15.